The summed E-state index contributed by atoms with van der Waals surface area (Å²) in [6, 6.07) is 3.83. The van der Waals surface area contributed by atoms with Gasteiger partial charge in [0.1, 0.15) is 0 Å². The van der Waals surface area contributed by atoms with Gasteiger partial charge in [-0.25, -0.2) is 0 Å². The first-order valence-electron chi connectivity index (χ1n) is 7.21. The first-order chi connectivity index (χ1) is 10.1. The van der Waals surface area contributed by atoms with Gasteiger partial charge < -0.3 is 15.4 Å². The van der Waals surface area contributed by atoms with E-state index < -0.39 is 0 Å². The molecule has 1 unspecified atom stereocenters. The minimum Gasteiger partial charge on any atom is -0.393 e. The van der Waals surface area contributed by atoms with E-state index in [-0.39, 0.29) is 12.0 Å². The zero-order chi connectivity index (χ0) is 15.1. The first kappa shape index (κ1) is 15.9. The summed E-state index contributed by atoms with van der Waals surface area (Å²) in [7, 11) is 0. The smallest absolute Gasteiger partial charge is 0.225 e. The highest BCUT2D eigenvalue weighted by Crippen LogP contribution is 2.17. The summed E-state index contributed by atoms with van der Waals surface area (Å²) in [6.45, 7) is 1.82. The highest BCUT2D eigenvalue weighted by molar-refractivity contribution is 7.80. The van der Waals surface area contributed by atoms with Gasteiger partial charge in [0.2, 0.25) is 5.91 Å². The largest absolute Gasteiger partial charge is 0.393 e. The lowest BCUT2D eigenvalue weighted by Gasteiger charge is -2.24. The zero-order valence-corrected chi connectivity index (χ0v) is 12.8. The van der Waals surface area contributed by atoms with Crippen molar-refractivity contribution in [1.82, 2.24) is 9.88 Å². The number of hydrogen-bond acceptors (Lipinski definition) is 4. The first-order valence-corrected chi connectivity index (χ1v) is 7.62. The van der Waals surface area contributed by atoms with E-state index in [1.165, 1.54) is 0 Å². The Hall–Kier alpha value is -1.53. The Kier molecular flexibility index (Phi) is 6.07. The lowest BCUT2D eigenvalue weighted by molar-refractivity contribution is -0.134. The molecule has 114 valence electrons. The standard InChI is InChI=1S/C15H21N3O2S/c16-14(21)5-7-18(11-12-3-1-6-17-10-12)15(19)9-13-4-2-8-20-13/h1,3,6,10,13H,2,4-5,7-9,11H2,(H2,16,21). The topological polar surface area (TPSA) is 68.5 Å². The average molecular weight is 307 g/mol. The van der Waals surface area contributed by atoms with E-state index in [4.69, 9.17) is 22.7 Å². The Bertz CT molecular complexity index is 475. The van der Waals surface area contributed by atoms with Crippen LogP contribution in [0, 0.1) is 0 Å². The van der Waals surface area contributed by atoms with Crippen LogP contribution >= 0.6 is 12.2 Å². The van der Waals surface area contributed by atoms with Gasteiger partial charge in [0, 0.05) is 38.5 Å². The number of nitrogens with zero attached hydrogens (tertiary/aromatic N) is 2. The van der Waals surface area contributed by atoms with Gasteiger partial charge in [-0.1, -0.05) is 18.3 Å². The molecule has 1 amide bonds. The third-order valence-electron chi connectivity index (χ3n) is 3.50. The molecular formula is C15H21N3O2S. The van der Waals surface area contributed by atoms with Crippen molar-refractivity contribution in [1.29, 1.82) is 0 Å². The average Bonchev–Trinajstić information content (AvgIpc) is 2.97. The molecule has 0 aromatic carbocycles. The number of amides is 1. The van der Waals surface area contributed by atoms with Crippen LogP contribution in [0.5, 0.6) is 0 Å². The van der Waals surface area contributed by atoms with Gasteiger partial charge in [0.05, 0.1) is 17.5 Å². The van der Waals surface area contributed by atoms with Crippen molar-refractivity contribution in [2.45, 2.75) is 38.3 Å². The lowest BCUT2D eigenvalue weighted by atomic mass is 10.1. The molecule has 1 aliphatic rings. The van der Waals surface area contributed by atoms with Crippen LogP contribution in [-0.4, -0.2) is 40.0 Å². The predicted octanol–water partition coefficient (Wildman–Crippen LogP) is 1.66. The number of thiocarbonyl (C=S) groups is 1. The van der Waals surface area contributed by atoms with Gasteiger partial charge in [-0.3, -0.25) is 9.78 Å². The molecule has 0 aliphatic carbocycles. The molecule has 2 heterocycles. The molecule has 2 rings (SSSR count). The number of carbonyl (C=O) groups excluding carboxylic acids is 1. The molecule has 1 saturated heterocycles. The Labute approximate surface area is 130 Å². The van der Waals surface area contributed by atoms with Crippen molar-refractivity contribution in [2.24, 2.45) is 5.73 Å². The number of nitrogens with two attached hydrogens (primary N) is 1. The van der Waals surface area contributed by atoms with E-state index in [9.17, 15) is 4.79 Å². The highest BCUT2D eigenvalue weighted by Gasteiger charge is 2.23. The van der Waals surface area contributed by atoms with E-state index >= 15 is 0 Å². The van der Waals surface area contributed by atoms with Gasteiger partial charge in [-0.05, 0) is 24.5 Å². The molecule has 0 radical (unpaired) electrons. The molecule has 1 aromatic rings. The van der Waals surface area contributed by atoms with E-state index in [2.05, 4.69) is 4.98 Å². The highest BCUT2D eigenvalue weighted by atomic mass is 32.1. The lowest BCUT2D eigenvalue weighted by Crippen LogP contribution is -2.35. The van der Waals surface area contributed by atoms with Crippen molar-refractivity contribution in [3.8, 4) is 0 Å². The van der Waals surface area contributed by atoms with Gasteiger partial charge in [-0.15, -0.1) is 0 Å². The molecule has 0 bridgehead atoms. The molecule has 1 fully saturated rings. The molecule has 0 spiro atoms. The predicted molar refractivity (Wildman–Crippen MR) is 84.6 cm³/mol. The van der Waals surface area contributed by atoms with Crippen LogP contribution in [0.25, 0.3) is 0 Å². The SMILES string of the molecule is NC(=S)CCN(Cc1cccnc1)C(=O)CC1CCCO1. The number of pyridine rings is 1. The minimum absolute atomic E-state index is 0.0544. The van der Waals surface area contributed by atoms with E-state index in [1.807, 2.05) is 12.1 Å². The van der Waals surface area contributed by atoms with Crippen LogP contribution in [-0.2, 0) is 16.1 Å². The Morgan fingerprint density at radius 2 is 2.43 bits per heavy atom. The molecule has 6 heteroatoms. The van der Waals surface area contributed by atoms with Gasteiger partial charge in [0.25, 0.3) is 0 Å². The zero-order valence-electron chi connectivity index (χ0n) is 12.0. The monoisotopic (exact) mass is 307 g/mol. The number of ether oxygens (including phenoxy) is 1. The van der Waals surface area contributed by atoms with Crippen LogP contribution in [0.15, 0.2) is 24.5 Å². The van der Waals surface area contributed by atoms with E-state index in [1.54, 1.807) is 17.3 Å². The molecule has 2 N–H and O–H groups in total. The van der Waals surface area contributed by atoms with Gasteiger partial charge in [0.15, 0.2) is 0 Å². The number of aromatic nitrogens is 1. The summed E-state index contributed by atoms with van der Waals surface area (Å²) >= 11 is 4.91. The maximum atomic E-state index is 12.5. The van der Waals surface area contributed by atoms with Crippen LogP contribution in [0.3, 0.4) is 0 Å². The third kappa shape index (κ3) is 5.40. The molecule has 1 atom stereocenters. The van der Waals surface area contributed by atoms with Gasteiger partial charge in [-0.2, -0.15) is 0 Å². The molecule has 1 aliphatic heterocycles. The fraction of sp³-hybridized carbons (Fsp3) is 0.533. The van der Waals surface area contributed by atoms with Crippen LogP contribution in [0.2, 0.25) is 0 Å². The minimum atomic E-state index is 0.0544. The second-order valence-corrected chi connectivity index (χ2v) is 5.76. The molecule has 0 saturated carbocycles. The van der Waals surface area contributed by atoms with Crippen molar-refractivity contribution < 1.29 is 9.53 Å². The number of hydrogen-bond donors (Lipinski definition) is 1. The van der Waals surface area contributed by atoms with Crippen molar-refractivity contribution in [3.05, 3.63) is 30.1 Å². The number of carbonyl (C=O) groups is 1. The van der Waals surface area contributed by atoms with Crippen LogP contribution in [0.4, 0.5) is 0 Å². The third-order valence-corrected chi connectivity index (χ3v) is 3.71. The Morgan fingerprint density at radius 3 is 3.05 bits per heavy atom. The van der Waals surface area contributed by atoms with Crippen molar-refractivity contribution >= 4 is 23.1 Å². The maximum Gasteiger partial charge on any atom is 0.225 e. The normalized spacial score (nSPS) is 17.6. The summed E-state index contributed by atoms with van der Waals surface area (Å²) in [5.41, 5.74) is 6.56. The van der Waals surface area contributed by atoms with Gasteiger partial charge >= 0.3 is 0 Å². The summed E-state index contributed by atoms with van der Waals surface area (Å²) in [6.07, 6.45) is 6.50. The summed E-state index contributed by atoms with van der Waals surface area (Å²) in [4.78, 5) is 18.8. The summed E-state index contributed by atoms with van der Waals surface area (Å²) < 4.78 is 5.54. The quantitative estimate of drug-likeness (QED) is 0.776. The maximum absolute atomic E-state index is 12.5. The summed E-state index contributed by atoms with van der Waals surface area (Å²) in [5, 5.41) is 0. The van der Waals surface area contributed by atoms with E-state index in [0.29, 0.717) is 30.9 Å². The molecule has 21 heavy (non-hydrogen) atoms. The van der Waals surface area contributed by atoms with E-state index in [0.717, 1.165) is 25.0 Å². The van der Waals surface area contributed by atoms with Crippen molar-refractivity contribution in [2.75, 3.05) is 13.2 Å². The van der Waals surface area contributed by atoms with Crippen molar-refractivity contribution in [3.63, 3.8) is 0 Å². The second kappa shape index (κ2) is 8.05. The fourth-order valence-corrected chi connectivity index (χ4v) is 2.47. The second-order valence-electron chi connectivity index (χ2n) is 5.23. The summed E-state index contributed by atoms with van der Waals surface area (Å²) in [5.74, 6) is 0.0852. The van der Waals surface area contributed by atoms with Crippen LogP contribution in [0.1, 0.15) is 31.2 Å². The molecule has 1 aromatic heterocycles. The number of rotatable bonds is 7. The molecule has 5 nitrogen and oxygen atoms in total. The fourth-order valence-electron chi connectivity index (χ4n) is 2.38. The Morgan fingerprint density at radius 1 is 1.57 bits per heavy atom. The Balaban J connectivity index is 1.96. The van der Waals surface area contributed by atoms with Crippen LogP contribution < -0.4 is 5.73 Å². The molecular weight excluding hydrogens is 286 g/mol.